The SMILES string of the molecule is CCc1cccc(C(NN)c2sccc2Br)c1. The number of hydrogen-bond acceptors (Lipinski definition) is 3. The van der Waals surface area contributed by atoms with Crippen molar-refractivity contribution in [3.8, 4) is 0 Å². The van der Waals surface area contributed by atoms with Crippen LogP contribution in [0.4, 0.5) is 0 Å². The molecule has 0 saturated heterocycles. The van der Waals surface area contributed by atoms with E-state index in [4.69, 9.17) is 5.84 Å². The van der Waals surface area contributed by atoms with Gasteiger partial charge in [0.25, 0.3) is 0 Å². The highest BCUT2D eigenvalue weighted by Crippen LogP contribution is 2.32. The first-order valence-electron chi connectivity index (χ1n) is 5.54. The van der Waals surface area contributed by atoms with Gasteiger partial charge in [-0.2, -0.15) is 0 Å². The highest BCUT2D eigenvalue weighted by molar-refractivity contribution is 9.10. The lowest BCUT2D eigenvalue weighted by molar-refractivity contribution is 0.644. The smallest absolute Gasteiger partial charge is 0.0813 e. The zero-order valence-corrected chi connectivity index (χ0v) is 12.0. The minimum Gasteiger partial charge on any atom is -0.271 e. The normalized spacial score (nSPS) is 12.6. The van der Waals surface area contributed by atoms with Crippen molar-refractivity contribution >= 4 is 27.3 Å². The van der Waals surface area contributed by atoms with Gasteiger partial charge in [0, 0.05) is 9.35 Å². The molecule has 0 aliphatic heterocycles. The number of benzene rings is 1. The van der Waals surface area contributed by atoms with Crippen molar-refractivity contribution in [1.29, 1.82) is 0 Å². The van der Waals surface area contributed by atoms with Crippen LogP contribution in [0.15, 0.2) is 40.2 Å². The zero-order chi connectivity index (χ0) is 12.3. The summed E-state index contributed by atoms with van der Waals surface area (Å²) in [5.41, 5.74) is 5.43. The molecular weight excluding hydrogens is 296 g/mol. The lowest BCUT2D eigenvalue weighted by atomic mass is 10.0. The average molecular weight is 311 g/mol. The molecule has 4 heteroatoms. The van der Waals surface area contributed by atoms with Gasteiger partial charge >= 0.3 is 0 Å². The molecule has 1 aromatic heterocycles. The van der Waals surface area contributed by atoms with E-state index in [0.717, 1.165) is 10.9 Å². The Morgan fingerprint density at radius 1 is 1.41 bits per heavy atom. The highest BCUT2D eigenvalue weighted by atomic mass is 79.9. The minimum absolute atomic E-state index is 0.0517. The third-order valence-electron chi connectivity index (χ3n) is 2.77. The Hall–Kier alpha value is -0.680. The van der Waals surface area contributed by atoms with Crippen molar-refractivity contribution in [2.45, 2.75) is 19.4 Å². The second kappa shape index (κ2) is 5.78. The molecular formula is C13H15BrN2S. The Labute approximate surface area is 114 Å². The van der Waals surface area contributed by atoms with Crippen LogP contribution >= 0.6 is 27.3 Å². The third-order valence-corrected chi connectivity index (χ3v) is 4.70. The maximum atomic E-state index is 5.69. The fourth-order valence-electron chi connectivity index (χ4n) is 1.83. The summed E-state index contributed by atoms with van der Waals surface area (Å²) in [7, 11) is 0. The summed E-state index contributed by atoms with van der Waals surface area (Å²) in [6, 6.07) is 10.6. The molecule has 3 N–H and O–H groups in total. The van der Waals surface area contributed by atoms with Crippen LogP contribution in [0.1, 0.15) is 29.0 Å². The number of halogens is 1. The molecule has 90 valence electrons. The summed E-state index contributed by atoms with van der Waals surface area (Å²) >= 11 is 5.26. The molecule has 0 aliphatic carbocycles. The van der Waals surface area contributed by atoms with Gasteiger partial charge in [0.1, 0.15) is 0 Å². The van der Waals surface area contributed by atoms with Crippen molar-refractivity contribution in [1.82, 2.24) is 5.43 Å². The molecule has 1 unspecified atom stereocenters. The molecule has 2 aromatic rings. The van der Waals surface area contributed by atoms with Crippen molar-refractivity contribution in [2.24, 2.45) is 5.84 Å². The van der Waals surface area contributed by atoms with E-state index in [2.05, 4.69) is 57.9 Å². The Morgan fingerprint density at radius 2 is 2.24 bits per heavy atom. The lowest BCUT2D eigenvalue weighted by Gasteiger charge is -2.16. The van der Waals surface area contributed by atoms with Crippen LogP contribution in [-0.2, 0) is 6.42 Å². The van der Waals surface area contributed by atoms with E-state index < -0.39 is 0 Å². The van der Waals surface area contributed by atoms with Crippen molar-refractivity contribution in [2.75, 3.05) is 0 Å². The monoisotopic (exact) mass is 310 g/mol. The second-order valence-corrected chi connectivity index (χ2v) is 5.63. The fraction of sp³-hybridized carbons (Fsp3) is 0.231. The maximum Gasteiger partial charge on any atom is 0.0813 e. The van der Waals surface area contributed by atoms with Crippen molar-refractivity contribution in [3.63, 3.8) is 0 Å². The van der Waals surface area contributed by atoms with Crippen LogP contribution in [0.3, 0.4) is 0 Å². The molecule has 2 nitrogen and oxygen atoms in total. The molecule has 0 spiro atoms. The number of hydrogen-bond donors (Lipinski definition) is 2. The van der Waals surface area contributed by atoms with Crippen LogP contribution in [-0.4, -0.2) is 0 Å². The average Bonchev–Trinajstić information content (AvgIpc) is 2.77. The highest BCUT2D eigenvalue weighted by Gasteiger charge is 2.16. The van der Waals surface area contributed by atoms with Crippen molar-refractivity contribution in [3.05, 3.63) is 56.2 Å². The van der Waals surface area contributed by atoms with Gasteiger partial charge in [-0.15, -0.1) is 11.3 Å². The van der Waals surface area contributed by atoms with E-state index in [9.17, 15) is 0 Å². The predicted molar refractivity (Wildman–Crippen MR) is 77.0 cm³/mol. The lowest BCUT2D eigenvalue weighted by Crippen LogP contribution is -2.28. The third kappa shape index (κ3) is 2.77. The molecule has 17 heavy (non-hydrogen) atoms. The van der Waals surface area contributed by atoms with Crippen molar-refractivity contribution < 1.29 is 0 Å². The first-order chi connectivity index (χ1) is 8.26. The van der Waals surface area contributed by atoms with Crippen LogP contribution < -0.4 is 11.3 Å². The van der Waals surface area contributed by atoms with Crippen LogP contribution in [0.2, 0.25) is 0 Å². The first kappa shape index (κ1) is 12.8. The molecule has 1 atom stereocenters. The van der Waals surface area contributed by atoms with Gasteiger partial charge in [0.05, 0.1) is 6.04 Å². The summed E-state index contributed by atoms with van der Waals surface area (Å²) in [4.78, 5) is 1.21. The predicted octanol–water partition coefficient (Wildman–Crippen LogP) is 3.63. The van der Waals surface area contributed by atoms with E-state index in [1.165, 1.54) is 16.0 Å². The molecule has 1 aromatic carbocycles. The number of aryl methyl sites for hydroxylation is 1. The number of thiophene rings is 1. The molecule has 0 bridgehead atoms. The largest absolute Gasteiger partial charge is 0.271 e. The van der Waals surface area contributed by atoms with E-state index in [-0.39, 0.29) is 6.04 Å². The van der Waals surface area contributed by atoms with E-state index >= 15 is 0 Å². The fourth-order valence-corrected chi connectivity index (χ4v) is 3.52. The van der Waals surface area contributed by atoms with E-state index in [1.54, 1.807) is 11.3 Å². The summed E-state index contributed by atoms with van der Waals surface area (Å²) in [5, 5.41) is 2.06. The minimum atomic E-state index is 0.0517. The van der Waals surface area contributed by atoms with Gasteiger partial charge in [-0.3, -0.25) is 5.84 Å². The quantitative estimate of drug-likeness (QED) is 0.668. The molecule has 0 amide bonds. The summed E-state index contributed by atoms with van der Waals surface area (Å²) < 4.78 is 1.10. The second-order valence-electron chi connectivity index (χ2n) is 3.83. The number of hydrazine groups is 1. The summed E-state index contributed by atoms with van der Waals surface area (Å²) in [6.45, 7) is 2.16. The van der Waals surface area contributed by atoms with E-state index in [0.29, 0.717) is 0 Å². The van der Waals surface area contributed by atoms with Gasteiger partial charge in [0.2, 0.25) is 0 Å². The molecule has 1 heterocycles. The Morgan fingerprint density at radius 3 is 2.82 bits per heavy atom. The first-order valence-corrected chi connectivity index (χ1v) is 7.21. The van der Waals surface area contributed by atoms with Crippen LogP contribution in [0.5, 0.6) is 0 Å². The van der Waals surface area contributed by atoms with Gasteiger partial charge in [-0.25, -0.2) is 5.43 Å². The molecule has 2 rings (SSSR count). The number of nitrogens with two attached hydrogens (primary N) is 1. The van der Waals surface area contributed by atoms with Gasteiger partial charge in [-0.05, 0) is 44.9 Å². The molecule has 0 radical (unpaired) electrons. The molecule has 0 saturated carbocycles. The van der Waals surface area contributed by atoms with Gasteiger partial charge < -0.3 is 0 Å². The van der Waals surface area contributed by atoms with Crippen LogP contribution in [0.25, 0.3) is 0 Å². The molecule has 0 aliphatic rings. The van der Waals surface area contributed by atoms with E-state index in [1.807, 2.05) is 6.07 Å². The number of rotatable bonds is 4. The number of nitrogens with one attached hydrogen (secondary N) is 1. The standard InChI is InChI=1S/C13H15BrN2S/c1-2-9-4-3-5-10(8-9)12(16-15)13-11(14)6-7-17-13/h3-8,12,16H,2,15H2,1H3. The Kier molecular flexibility index (Phi) is 4.34. The Bertz CT molecular complexity index is 496. The zero-order valence-electron chi connectivity index (χ0n) is 9.61. The van der Waals surface area contributed by atoms with Gasteiger partial charge in [-0.1, -0.05) is 31.2 Å². The maximum absolute atomic E-state index is 5.69. The summed E-state index contributed by atoms with van der Waals surface area (Å²) in [5.74, 6) is 5.69. The molecule has 0 fully saturated rings. The summed E-state index contributed by atoms with van der Waals surface area (Å²) in [6.07, 6.45) is 1.04. The Balaban J connectivity index is 2.38. The topological polar surface area (TPSA) is 38.0 Å². The van der Waals surface area contributed by atoms with Gasteiger partial charge in [0.15, 0.2) is 0 Å². The van der Waals surface area contributed by atoms with Crippen LogP contribution in [0, 0.1) is 0 Å².